The molecule has 0 spiro atoms. The van der Waals surface area contributed by atoms with Crippen LogP contribution in [0.1, 0.15) is 16.7 Å². The van der Waals surface area contributed by atoms with Crippen molar-refractivity contribution in [2.45, 2.75) is 13.5 Å². The van der Waals surface area contributed by atoms with Gasteiger partial charge in [-0.2, -0.15) is 0 Å². The van der Waals surface area contributed by atoms with Gasteiger partial charge in [-0.15, -0.1) is 0 Å². The van der Waals surface area contributed by atoms with Crippen molar-refractivity contribution in [3.8, 4) is 5.75 Å². The third-order valence-corrected chi connectivity index (χ3v) is 4.33. The summed E-state index contributed by atoms with van der Waals surface area (Å²) in [6, 6.07) is 25.6. The first-order chi connectivity index (χ1) is 13.2. The molecule has 0 N–H and O–H groups in total. The molecule has 0 atom stereocenters. The average Bonchev–Trinajstić information content (AvgIpc) is 2.72. The number of methoxy groups -OCH3 is 1. The van der Waals surface area contributed by atoms with E-state index in [2.05, 4.69) is 0 Å². The van der Waals surface area contributed by atoms with Gasteiger partial charge in [0.1, 0.15) is 5.75 Å². The van der Waals surface area contributed by atoms with Gasteiger partial charge in [0.25, 0.3) is 5.91 Å². The lowest BCUT2D eigenvalue weighted by Gasteiger charge is -2.22. The van der Waals surface area contributed by atoms with Gasteiger partial charge in [-0.25, -0.2) is 0 Å². The maximum absolute atomic E-state index is 12.9. The lowest BCUT2D eigenvalue weighted by Crippen LogP contribution is -2.28. The topological polar surface area (TPSA) is 29.5 Å². The van der Waals surface area contributed by atoms with Gasteiger partial charge in [0.2, 0.25) is 0 Å². The first-order valence-electron chi connectivity index (χ1n) is 8.90. The Morgan fingerprint density at radius 2 is 1.59 bits per heavy atom. The number of carbonyl (C=O) groups is 1. The molecule has 0 heterocycles. The van der Waals surface area contributed by atoms with E-state index in [1.54, 1.807) is 18.1 Å². The summed E-state index contributed by atoms with van der Waals surface area (Å²) in [7, 11) is 1.64. The second-order valence-electron chi connectivity index (χ2n) is 6.35. The van der Waals surface area contributed by atoms with E-state index in [0.29, 0.717) is 6.54 Å². The van der Waals surface area contributed by atoms with Gasteiger partial charge in [0.05, 0.1) is 13.7 Å². The van der Waals surface area contributed by atoms with Crippen LogP contribution in [0.15, 0.2) is 84.9 Å². The summed E-state index contributed by atoms with van der Waals surface area (Å²) in [6.07, 6.45) is 3.44. The summed E-state index contributed by atoms with van der Waals surface area (Å²) in [5.74, 6) is 0.738. The van der Waals surface area contributed by atoms with Crippen molar-refractivity contribution in [2.24, 2.45) is 0 Å². The summed E-state index contributed by atoms with van der Waals surface area (Å²) in [5, 5.41) is 0. The molecular formula is C24H23NO2. The fourth-order valence-corrected chi connectivity index (χ4v) is 2.76. The van der Waals surface area contributed by atoms with Gasteiger partial charge in [0, 0.05) is 11.8 Å². The van der Waals surface area contributed by atoms with Crippen LogP contribution < -0.4 is 9.64 Å². The Hall–Kier alpha value is -3.33. The third kappa shape index (κ3) is 5.08. The molecule has 1 amide bonds. The first kappa shape index (κ1) is 18.5. The van der Waals surface area contributed by atoms with Crippen LogP contribution >= 0.6 is 0 Å². The van der Waals surface area contributed by atoms with E-state index < -0.39 is 0 Å². The number of rotatable bonds is 6. The quantitative estimate of drug-likeness (QED) is 0.564. The normalized spacial score (nSPS) is 10.7. The van der Waals surface area contributed by atoms with Crippen LogP contribution in [0.25, 0.3) is 6.08 Å². The zero-order chi connectivity index (χ0) is 19.1. The second-order valence-corrected chi connectivity index (χ2v) is 6.35. The highest BCUT2D eigenvalue weighted by molar-refractivity contribution is 6.03. The van der Waals surface area contributed by atoms with Crippen LogP contribution in [-0.2, 0) is 11.3 Å². The number of hydrogen-bond donors (Lipinski definition) is 0. The van der Waals surface area contributed by atoms with Crippen LogP contribution in [0.5, 0.6) is 5.75 Å². The minimum Gasteiger partial charge on any atom is -0.497 e. The second kappa shape index (κ2) is 8.86. The smallest absolute Gasteiger partial charge is 0.251 e. The van der Waals surface area contributed by atoms with Crippen molar-refractivity contribution in [2.75, 3.05) is 12.0 Å². The maximum atomic E-state index is 12.9. The van der Waals surface area contributed by atoms with E-state index in [1.807, 2.05) is 91.9 Å². The van der Waals surface area contributed by atoms with Crippen molar-refractivity contribution < 1.29 is 9.53 Å². The lowest BCUT2D eigenvalue weighted by atomic mass is 10.1. The molecule has 0 radical (unpaired) electrons. The molecule has 0 unspecified atom stereocenters. The molecule has 0 fully saturated rings. The van der Waals surface area contributed by atoms with Gasteiger partial charge in [0.15, 0.2) is 0 Å². The van der Waals surface area contributed by atoms with E-state index in [4.69, 9.17) is 4.74 Å². The summed E-state index contributed by atoms with van der Waals surface area (Å²) in [4.78, 5) is 14.7. The van der Waals surface area contributed by atoms with E-state index >= 15 is 0 Å². The van der Waals surface area contributed by atoms with Crippen molar-refractivity contribution in [1.29, 1.82) is 0 Å². The van der Waals surface area contributed by atoms with Crippen molar-refractivity contribution in [1.82, 2.24) is 0 Å². The maximum Gasteiger partial charge on any atom is 0.251 e. The highest BCUT2D eigenvalue weighted by Crippen LogP contribution is 2.19. The van der Waals surface area contributed by atoms with Gasteiger partial charge in [-0.3, -0.25) is 4.79 Å². The number of amides is 1. The number of ether oxygens (including phenoxy) is 1. The van der Waals surface area contributed by atoms with E-state index in [-0.39, 0.29) is 5.91 Å². The van der Waals surface area contributed by atoms with Gasteiger partial charge in [-0.1, -0.05) is 60.2 Å². The van der Waals surface area contributed by atoms with Crippen LogP contribution in [0, 0.1) is 6.92 Å². The molecule has 0 saturated heterocycles. The van der Waals surface area contributed by atoms with Crippen molar-refractivity contribution in [3.63, 3.8) is 0 Å². The van der Waals surface area contributed by atoms with E-state index in [1.165, 1.54) is 5.56 Å². The van der Waals surface area contributed by atoms with E-state index in [9.17, 15) is 4.79 Å². The molecule has 3 nitrogen and oxygen atoms in total. The predicted molar refractivity (Wildman–Crippen MR) is 111 cm³/mol. The molecule has 0 aliphatic rings. The number of anilines is 1. The van der Waals surface area contributed by atoms with E-state index in [0.717, 1.165) is 22.6 Å². The summed E-state index contributed by atoms with van der Waals surface area (Å²) in [6.45, 7) is 2.56. The monoisotopic (exact) mass is 357 g/mol. The lowest BCUT2D eigenvalue weighted by molar-refractivity contribution is -0.114. The van der Waals surface area contributed by atoms with Crippen LogP contribution in [0.3, 0.4) is 0 Å². The summed E-state index contributed by atoms with van der Waals surface area (Å²) in [5.41, 5.74) is 4.09. The Kier molecular flexibility index (Phi) is 6.06. The van der Waals surface area contributed by atoms with Gasteiger partial charge in [-0.05, 0) is 48.4 Å². The number of carbonyl (C=O) groups excluding carboxylic acids is 1. The van der Waals surface area contributed by atoms with Gasteiger partial charge < -0.3 is 9.64 Å². The Balaban J connectivity index is 1.83. The fourth-order valence-electron chi connectivity index (χ4n) is 2.76. The Labute approximate surface area is 160 Å². The molecule has 0 aliphatic carbocycles. The SMILES string of the molecule is COc1ccc(/C=C/C(=O)N(Cc2ccccc2)c2ccc(C)cc2)cc1. The van der Waals surface area contributed by atoms with Crippen LogP contribution in [0.2, 0.25) is 0 Å². The number of aryl methyl sites for hydroxylation is 1. The molecule has 3 rings (SSSR count). The zero-order valence-electron chi connectivity index (χ0n) is 15.6. The molecule has 3 heteroatoms. The summed E-state index contributed by atoms with van der Waals surface area (Å²) >= 11 is 0. The van der Waals surface area contributed by atoms with Crippen LogP contribution in [0.4, 0.5) is 5.69 Å². The molecule has 3 aromatic rings. The molecule has 3 aromatic carbocycles. The molecule has 0 aliphatic heterocycles. The first-order valence-corrected chi connectivity index (χ1v) is 8.90. The molecule has 27 heavy (non-hydrogen) atoms. The highest BCUT2D eigenvalue weighted by atomic mass is 16.5. The average molecular weight is 357 g/mol. The number of nitrogens with zero attached hydrogens (tertiary/aromatic N) is 1. The minimum absolute atomic E-state index is 0.0569. The Bertz CT molecular complexity index is 897. The van der Waals surface area contributed by atoms with Crippen LogP contribution in [-0.4, -0.2) is 13.0 Å². The number of hydrogen-bond acceptors (Lipinski definition) is 2. The van der Waals surface area contributed by atoms with Gasteiger partial charge >= 0.3 is 0 Å². The third-order valence-electron chi connectivity index (χ3n) is 4.33. The predicted octanol–water partition coefficient (Wildman–Crippen LogP) is 5.25. The van der Waals surface area contributed by atoms with Crippen molar-refractivity contribution >= 4 is 17.7 Å². The van der Waals surface area contributed by atoms with Crippen molar-refractivity contribution in [3.05, 3.63) is 102 Å². The Morgan fingerprint density at radius 3 is 2.22 bits per heavy atom. The zero-order valence-corrected chi connectivity index (χ0v) is 15.6. The number of benzene rings is 3. The molecule has 136 valence electrons. The highest BCUT2D eigenvalue weighted by Gasteiger charge is 2.13. The Morgan fingerprint density at radius 1 is 0.926 bits per heavy atom. The minimum atomic E-state index is -0.0569. The molecule has 0 bridgehead atoms. The standard InChI is InChI=1S/C24H23NO2/c1-19-8-13-22(14-9-19)25(18-21-6-4-3-5-7-21)24(26)17-12-20-10-15-23(27-2)16-11-20/h3-17H,18H2,1-2H3/b17-12+. The summed E-state index contributed by atoms with van der Waals surface area (Å²) < 4.78 is 5.17. The fraction of sp³-hybridized carbons (Fsp3) is 0.125. The molecule has 0 saturated carbocycles. The molecule has 0 aromatic heterocycles. The molecular weight excluding hydrogens is 334 g/mol. The largest absolute Gasteiger partial charge is 0.497 e.